The molecule has 0 aromatic carbocycles. The van der Waals surface area contributed by atoms with Gasteiger partial charge in [0.05, 0.1) is 5.71 Å². The fourth-order valence-corrected chi connectivity index (χ4v) is 8.17. The highest BCUT2D eigenvalue weighted by molar-refractivity contribution is 5.96. The maximum Gasteiger partial charge on any atom is 0.261 e. The first-order valence-electron chi connectivity index (χ1n) is 13.5. The zero-order valence-electron chi connectivity index (χ0n) is 21.8. The number of Topliss-reactive ketones (excluding diaryl/α,β-unsaturated/α-hetero) is 1. The molecule has 36 heavy (non-hydrogen) atoms. The molecule has 0 saturated heterocycles. The Labute approximate surface area is 213 Å². The van der Waals surface area contributed by atoms with E-state index in [9.17, 15) is 14.7 Å². The van der Waals surface area contributed by atoms with E-state index >= 15 is 0 Å². The fourth-order valence-electron chi connectivity index (χ4n) is 8.17. The number of aliphatic hydroxyl groups is 1. The first-order chi connectivity index (χ1) is 17.2. The topological polar surface area (TPSA) is 101 Å². The molecular formula is C29H39N3O4. The molecule has 3 saturated carbocycles. The van der Waals surface area contributed by atoms with Crippen molar-refractivity contribution in [2.75, 3.05) is 6.61 Å². The van der Waals surface area contributed by atoms with Gasteiger partial charge >= 0.3 is 0 Å². The van der Waals surface area contributed by atoms with Crippen LogP contribution in [0.5, 0.6) is 0 Å². The van der Waals surface area contributed by atoms with Crippen LogP contribution < -0.4 is 5.32 Å². The highest BCUT2D eigenvalue weighted by Gasteiger charge is 2.65. The van der Waals surface area contributed by atoms with Gasteiger partial charge in [-0.1, -0.05) is 30.6 Å². The van der Waals surface area contributed by atoms with Gasteiger partial charge in [-0.15, -0.1) is 0 Å². The standard InChI is InChI=1S/C29H39N3O4/c1-19(33)29(35)13-10-25-23-7-6-21-15-22(8-11-27(21,2)24(23)9-12-28(25,29)3)32-36-18-26(34)31-17-20-5-4-14-30-16-20/h4-5,14-16,23-25,35H,6-13,17-18H2,1-3H3,(H,31,34). The van der Waals surface area contributed by atoms with Crippen LogP contribution in [0.25, 0.3) is 0 Å². The van der Waals surface area contributed by atoms with Gasteiger partial charge in [0.2, 0.25) is 0 Å². The van der Waals surface area contributed by atoms with Crippen LogP contribution in [-0.4, -0.2) is 39.7 Å². The molecule has 4 aliphatic carbocycles. The zero-order chi connectivity index (χ0) is 25.6. The van der Waals surface area contributed by atoms with Gasteiger partial charge in [-0.3, -0.25) is 14.6 Å². The maximum atomic E-state index is 12.4. The van der Waals surface area contributed by atoms with Crippen LogP contribution in [0.1, 0.15) is 77.7 Å². The van der Waals surface area contributed by atoms with E-state index in [0.717, 1.165) is 56.2 Å². The zero-order valence-corrected chi connectivity index (χ0v) is 21.8. The molecule has 0 radical (unpaired) electrons. The average Bonchev–Trinajstić information content (AvgIpc) is 3.15. The molecule has 0 bridgehead atoms. The number of carbonyl (C=O) groups excluding carboxylic acids is 2. The molecule has 0 aliphatic heterocycles. The molecule has 6 unspecified atom stereocenters. The lowest BCUT2D eigenvalue weighted by Gasteiger charge is -2.59. The van der Waals surface area contributed by atoms with Crippen LogP contribution in [0.2, 0.25) is 0 Å². The lowest BCUT2D eigenvalue weighted by atomic mass is 9.46. The first kappa shape index (κ1) is 25.1. The van der Waals surface area contributed by atoms with Crippen molar-refractivity contribution < 1.29 is 19.5 Å². The van der Waals surface area contributed by atoms with E-state index in [-0.39, 0.29) is 29.1 Å². The van der Waals surface area contributed by atoms with Crippen molar-refractivity contribution in [1.29, 1.82) is 0 Å². The third kappa shape index (κ3) is 4.09. The van der Waals surface area contributed by atoms with Gasteiger partial charge in [0.25, 0.3) is 5.91 Å². The summed E-state index contributed by atoms with van der Waals surface area (Å²) in [6.45, 7) is 6.46. The SMILES string of the molecule is CC(=O)C1(O)CCC2C3CCC4=CC(=NOCC(=O)NCc5cccnc5)CCC4(C)C3CCC21C. The highest BCUT2D eigenvalue weighted by Crippen LogP contribution is 2.67. The van der Waals surface area contributed by atoms with Crippen molar-refractivity contribution in [3.05, 3.63) is 41.7 Å². The Balaban J connectivity index is 1.22. The van der Waals surface area contributed by atoms with Crippen molar-refractivity contribution in [3.63, 3.8) is 0 Å². The molecule has 1 aromatic rings. The maximum absolute atomic E-state index is 12.4. The normalized spacial score (nSPS) is 38.4. The molecule has 1 amide bonds. The number of amides is 1. The Bertz CT molecular complexity index is 1090. The van der Waals surface area contributed by atoms with Crippen molar-refractivity contribution in [3.8, 4) is 0 Å². The molecular weight excluding hydrogens is 454 g/mol. The number of pyridine rings is 1. The molecule has 0 spiro atoms. The van der Waals surface area contributed by atoms with E-state index in [2.05, 4.69) is 35.4 Å². The van der Waals surface area contributed by atoms with E-state index in [1.54, 1.807) is 19.3 Å². The first-order valence-corrected chi connectivity index (χ1v) is 13.5. The van der Waals surface area contributed by atoms with Crippen LogP contribution >= 0.6 is 0 Å². The van der Waals surface area contributed by atoms with E-state index in [1.807, 2.05) is 12.1 Å². The second-order valence-electron chi connectivity index (χ2n) is 11.9. The lowest BCUT2D eigenvalue weighted by molar-refractivity contribution is -0.159. The molecule has 3 fully saturated rings. The average molecular weight is 494 g/mol. The van der Waals surface area contributed by atoms with Crippen LogP contribution in [0, 0.1) is 28.6 Å². The van der Waals surface area contributed by atoms with Crippen LogP contribution in [0.3, 0.4) is 0 Å². The summed E-state index contributed by atoms with van der Waals surface area (Å²) >= 11 is 0. The summed E-state index contributed by atoms with van der Waals surface area (Å²) in [4.78, 5) is 34.0. The second-order valence-corrected chi connectivity index (χ2v) is 11.9. The third-order valence-electron chi connectivity index (χ3n) is 10.3. The Morgan fingerprint density at radius 1 is 1.17 bits per heavy atom. The number of fused-ring (bicyclic) bond motifs is 5. The van der Waals surface area contributed by atoms with Crippen molar-refractivity contribution in [2.24, 2.45) is 33.7 Å². The number of aromatic nitrogens is 1. The van der Waals surface area contributed by atoms with Gasteiger partial charge in [-0.05, 0) is 99.2 Å². The Morgan fingerprint density at radius 3 is 2.72 bits per heavy atom. The fraction of sp³-hybridized carbons (Fsp3) is 0.655. The van der Waals surface area contributed by atoms with Crippen molar-refractivity contribution >= 4 is 17.4 Å². The van der Waals surface area contributed by atoms with Crippen molar-refractivity contribution in [2.45, 2.75) is 84.3 Å². The molecule has 1 heterocycles. The number of rotatable bonds is 6. The van der Waals surface area contributed by atoms with Crippen LogP contribution in [0.15, 0.2) is 41.3 Å². The summed E-state index contributed by atoms with van der Waals surface area (Å²) in [5, 5.41) is 18.5. The van der Waals surface area contributed by atoms with Gasteiger partial charge in [0.15, 0.2) is 12.4 Å². The molecule has 6 atom stereocenters. The molecule has 1 aromatic heterocycles. The monoisotopic (exact) mass is 493 g/mol. The smallest absolute Gasteiger partial charge is 0.261 e. The Hall–Kier alpha value is -2.54. The predicted molar refractivity (Wildman–Crippen MR) is 137 cm³/mol. The van der Waals surface area contributed by atoms with Crippen LogP contribution in [0.4, 0.5) is 0 Å². The van der Waals surface area contributed by atoms with E-state index in [1.165, 1.54) is 5.57 Å². The van der Waals surface area contributed by atoms with Crippen molar-refractivity contribution in [1.82, 2.24) is 10.3 Å². The number of nitrogens with zero attached hydrogens (tertiary/aromatic N) is 2. The number of carbonyl (C=O) groups is 2. The quantitative estimate of drug-likeness (QED) is 0.574. The lowest BCUT2D eigenvalue weighted by Crippen LogP contribution is -2.57. The number of hydrogen-bond donors (Lipinski definition) is 2. The van der Waals surface area contributed by atoms with Gasteiger partial charge in [0, 0.05) is 24.4 Å². The number of oxime groups is 1. The summed E-state index contributed by atoms with van der Waals surface area (Å²) in [6, 6.07) is 3.75. The molecule has 5 rings (SSSR count). The minimum atomic E-state index is -1.16. The number of nitrogens with one attached hydrogen (secondary N) is 1. The summed E-state index contributed by atoms with van der Waals surface area (Å²) < 4.78 is 0. The molecule has 7 nitrogen and oxygen atoms in total. The summed E-state index contributed by atoms with van der Waals surface area (Å²) in [5.41, 5.74) is 1.96. The summed E-state index contributed by atoms with van der Waals surface area (Å²) in [7, 11) is 0. The van der Waals surface area contributed by atoms with Gasteiger partial charge in [-0.25, -0.2) is 0 Å². The Kier molecular flexibility index (Phi) is 6.56. The largest absolute Gasteiger partial charge is 0.385 e. The van der Waals surface area contributed by atoms with Gasteiger partial charge < -0.3 is 15.3 Å². The second kappa shape index (κ2) is 9.40. The third-order valence-corrected chi connectivity index (χ3v) is 10.3. The summed E-state index contributed by atoms with van der Waals surface area (Å²) in [6.07, 6.45) is 13.1. The Morgan fingerprint density at radius 2 is 1.97 bits per heavy atom. The molecule has 2 N–H and O–H groups in total. The highest BCUT2D eigenvalue weighted by atomic mass is 16.6. The molecule has 4 aliphatic rings. The predicted octanol–water partition coefficient (Wildman–Crippen LogP) is 4.35. The number of allylic oxidation sites excluding steroid dienone is 2. The van der Waals surface area contributed by atoms with Crippen LogP contribution in [-0.2, 0) is 21.0 Å². The summed E-state index contributed by atoms with van der Waals surface area (Å²) in [5.74, 6) is 1.28. The van der Waals surface area contributed by atoms with Gasteiger partial charge in [-0.2, -0.15) is 0 Å². The van der Waals surface area contributed by atoms with E-state index < -0.39 is 5.60 Å². The molecule has 194 valence electrons. The van der Waals surface area contributed by atoms with Gasteiger partial charge in [0.1, 0.15) is 5.60 Å². The van der Waals surface area contributed by atoms with E-state index in [4.69, 9.17) is 4.84 Å². The molecule has 7 heteroatoms. The number of ketones is 1. The van der Waals surface area contributed by atoms with E-state index in [0.29, 0.717) is 30.7 Å². The number of hydrogen-bond acceptors (Lipinski definition) is 6. The minimum absolute atomic E-state index is 0.0576. The minimum Gasteiger partial charge on any atom is -0.385 e.